The van der Waals surface area contributed by atoms with E-state index >= 15 is 0 Å². The van der Waals surface area contributed by atoms with E-state index in [-0.39, 0.29) is 0 Å². The zero-order valence-corrected chi connectivity index (χ0v) is 10.5. The van der Waals surface area contributed by atoms with Crippen molar-refractivity contribution in [2.75, 3.05) is 25.2 Å². The minimum Gasteiger partial charge on any atom is -0.377 e. The van der Waals surface area contributed by atoms with Gasteiger partial charge in [-0.3, -0.25) is 4.21 Å². The lowest BCUT2D eigenvalue weighted by atomic mass is 10.2. The largest absolute Gasteiger partial charge is 0.377 e. The first-order chi connectivity index (χ1) is 6.52. The maximum Gasteiger partial charge on any atom is 0.0594 e. The van der Waals surface area contributed by atoms with E-state index in [4.69, 9.17) is 4.74 Å². The number of hydrogen-bond donors (Lipinski definition) is 1. The summed E-state index contributed by atoms with van der Waals surface area (Å²) in [6, 6.07) is 0.426. The Morgan fingerprint density at radius 2 is 2.00 bits per heavy atom. The van der Waals surface area contributed by atoms with Gasteiger partial charge in [0.05, 0.1) is 12.7 Å². The third-order valence-corrected chi connectivity index (χ3v) is 2.69. The van der Waals surface area contributed by atoms with Gasteiger partial charge in [-0.1, -0.05) is 0 Å². The standard InChI is InChI=1S/C10H23NO2S/c1-9(2)13-7-6-11-10(3)5-8-14(4)12/h9-11H,5-8H2,1-4H3. The summed E-state index contributed by atoms with van der Waals surface area (Å²) in [6.45, 7) is 7.79. The Bertz CT molecular complexity index is 162. The van der Waals surface area contributed by atoms with E-state index in [1.54, 1.807) is 6.26 Å². The molecule has 0 radical (unpaired) electrons. The van der Waals surface area contributed by atoms with E-state index in [2.05, 4.69) is 12.2 Å². The van der Waals surface area contributed by atoms with Crippen LogP contribution in [0.1, 0.15) is 27.2 Å². The van der Waals surface area contributed by atoms with Crippen LogP contribution in [0.5, 0.6) is 0 Å². The summed E-state index contributed by atoms with van der Waals surface area (Å²) in [6.07, 6.45) is 3.01. The van der Waals surface area contributed by atoms with E-state index in [0.29, 0.717) is 12.1 Å². The summed E-state index contributed by atoms with van der Waals surface area (Å²) in [4.78, 5) is 0. The maximum absolute atomic E-state index is 10.8. The van der Waals surface area contributed by atoms with Crippen molar-refractivity contribution in [2.45, 2.75) is 39.3 Å². The van der Waals surface area contributed by atoms with Gasteiger partial charge in [-0.15, -0.1) is 0 Å². The molecule has 0 aliphatic heterocycles. The van der Waals surface area contributed by atoms with E-state index in [1.807, 2.05) is 13.8 Å². The number of ether oxygens (including phenoxy) is 1. The summed E-state index contributed by atoms with van der Waals surface area (Å²) in [5.74, 6) is 0.777. The van der Waals surface area contributed by atoms with Crippen LogP contribution < -0.4 is 5.32 Å². The molecule has 0 heterocycles. The van der Waals surface area contributed by atoms with Crippen molar-refractivity contribution in [2.24, 2.45) is 0 Å². The summed E-state index contributed by atoms with van der Waals surface area (Å²) < 4.78 is 16.2. The third-order valence-electron chi connectivity index (χ3n) is 1.88. The first-order valence-corrected chi connectivity index (χ1v) is 6.90. The molecule has 2 unspecified atom stereocenters. The summed E-state index contributed by atoms with van der Waals surface area (Å²) >= 11 is 0. The molecule has 1 N–H and O–H groups in total. The maximum atomic E-state index is 10.8. The Labute approximate surface area is 90.1 Å². The van der Waals surface area contributed by atoms with Gasteiger partial charge in [0, 0.05) is 35.4 Å². The molecular formula is C10H23NO2S. The monoisotopic (exact) mass is 221 g/mol. The van der Waals surface area contributed by atoms with E-state index in [0.717, 1.165) is 25.3 Å². The van der Waals surface area contributed by atoms with Gasteiger partial charge < -0.3 is 10.1 Å². The van der Waals surface area contributed by atoms with Crippen LogP contribution in [0.15, 0.2) is 0 Å². The van der Waals surface area contributed by atoms with E-state index in [1.165, 1.54) is 0 Å². The van der Waals surface area contributed by atoms with Crippen LogP contribution in [0.25, 0.3) is 0 Å². The Hall–Kier alpha value is 0.0700. The van der Waals surface area contributed by atoms with Crippen molar-refractivity contribution in [1.82, 2.24) is 5.32 Å². The second-order valence-electron chi connectivity index (χ2n) is 3.84. The Morgan fingerprint density at radius 3 is 2.50 bits per heavy atom. The van der Waals surface area contributed by atoms with Crippen LogP contribution in [0.3, 0.4) is 0 Å². The predicted octanol–water partition coefficient (Wildman–Crippen LogP) is 1.16. The minimum atomic E-state index is -0.672. The summed E-state index contributed by atoms with van der Waals surface area (Å²) in [7, 11) is -0.672. The van der Waals surface area contributed by atoms with Crippen LogP contribution in [0.4, 0.5) is 0 Å². The Kier molecular flexibility index (Phi) is 8.43. The second kappa shape index (κ2) is 8.38. The molecule has 0 aromatic heterocycles. The van der Waals surface area contributed by atoms with Crippen molar-refractivity contribution in [3.63, 3.8) is 0 Å². The normalized spacial score (nSPS) is 15.8. The van der Waals surface area contributed by atoms with E-state index in [9.17, 15) is 4.21 Å². The van der Waals surface area contributed by atoms with Crippen molar-refractivity contribution in [3.8, 4) is 0 Å². The molecule has 0 aliphatic carbocycles. The third kappa shape index (κ3) is 10.2. The molecule has 0 amide bonds. The fourth-order valence-electron chi connectivity index (χ4n) is 1.04. The first kappa shape index (κ1) is 14.1. The lowest BCUT2D eigenvalue weighted by Gasteiger charge is -2.14. The average molecular weight is 221 g/mol. The smallest absolute Gasteiger partial charge is 0.0594 e. The zero-order chi connectivity index (χ0) is 11.0. The molecule has 0 saturated heterocycles. The lowest BCUT2D eigenvalue weighted by molar-refractivity contribution is 0.0796. The number of hydrogen-bond acceptors (Lipinski definition) is 3. The molecule has 2 atom stereocenters. The molecule has 3 nitrogen and oxygen atoms in total. The summed E-state index contributed by atoms with van der Waals surface area (Å²) in [5, 5.41) is 3.33. The van der Waals surface area contributed by atoms with Crippen molar-refractivity contribution >= 4 is 10.8 Å². The zero-order valence-electron chi connectivity index (χ0n) is 9.71. The quantitative estimate of drug-likeness (QED) is 0.625. The fourth-order valence-corrected chi connectivity index (χ4v) is 1.73. The molecule has 0 spiro atoms. The molecule has 14 heavy (non-hydrogen) atoms. The van der Waals surface area contributed by atoms with Crippen molar-refractivity contribution < 1.29 is 8.95 Å². The van der Waals surface area contributed by atoms with Gasteiger partial charge in [0.2, 0.25) is 0 Å². The van der Waals surface area contributed by atoms with Crippen LogP contribution in [0.2, 0.25) is 0 Å². The van der Waals surface area contributed by atoms with Crippen LogP contribution in [-0.2, 0) is 15.5 Å². The lowest BCUT2D eigenvalue weighted by Crippen LogP contribution is -2.31. The topological polar surface area (TPSA) is 38.3 Å². The SMILES string of the molecule is CC(CCS(C)=O)NCCOC(C)C. The molecule has 86 valence electrons. The molecule has 0 fully saturated rings. The predicted molar refractivity (Wildman–Crippen MR) is 62.1 cm³/mol. The van der Waals surface area contributed by atoms with Gasteiger partial charge in [-0.2, -0.15) is 0 Å². The molecule has 0 bridgehead atoms. The molecule has 0 aromatic rings. The van der Waals surface area contributed by atoms with Gasteiger partial charge in [0.25, 0.3) is 0 Å². The van der Waals surface area contributed by atoms with E-state index < -0.39 is 10.8 Å². The molecule has 0 saturated carbocycles. The van der Waals surface area contributed by atoms with Crippen LogP contribution in [-0.4, -0.2) is 41.5 Å². The number of rotatable bonds is 8. The van der Waals surface area contributed by atoms with Crippen LogP contribution in [0, 0.1) is 0 Å². The highest BCUT2D eigenvalue weighted by Crippen LogP contribution is 1.92. The molecule has 0 aromatic carbocycles. The molecule has 0 rings (SSSR count). The molecular weight excluding hydrogens is 198 g/mol. The van der Waals surface area contributed by atoms with Gasteiger partial charge in [-0.05, 0) is 27.2 Å². The van der Waals surface area contributed by atoms with Gasteiger partial charge in [0.1, 0.15) is 0 Å². The minimum absolute atomic E-state index is 0.301. The Morgan fingerprint density at radius 1 is 1.36 bits per heavy atom. The molecule has 4 heteroatoms. The average Bonchev–Trinajstić information content (AvgIpc) is 2.08. The highest BCUT2D eigenvalue weighted by molar-refractivity contribution is 7.84. The Balaban J connectivity index is 3.26. The first-order valence-electron chi connectivity index (χ1n) is 5.17. The van der Waals surface area contributed by atoms with Gasteiger partial charge in [0.15, 0.2) is 0 Å². The highest BCUT2D eigenvalue weighted by Gasteiger charge is 2.02. The van der Waals surface area contributed by atoms with Crippen molar-refractivity contribution in [1.29, 1.82) is 0 Å². The molecule has 0 aliphatic rings. The van der Waals surface area contributed by atoms with Gasteiger partial charge >= 0.3 is 0 Å². The van der Waals surface area contributed by atoms with Gasteiger partial charge in [-0.25, -0.2) is 0 Å². The number of nitrogens with one attached hydrogen (secondary N) is 1. The van der Waals surface area contributed by atoms with Crippen LogP contribution >= 0.6 is 0 Å². The summed E-state index contributed by atoms with van der Waals surface area (Å²) in [5.41, 5.74) is 0. The highest BCUT2D eigenvalue weighted by atomic mass is 32.2. The van der Waals surface area contributed by atoms with Crippen molar-refractivity contribution in [3.05, 3.63) is 0 Å². The fraction of sp³-hybridized carbons (Fsp3) is 1.00. The second-order valence-corrected chi connectivity index (χ2v) is 5.40.